The number of aliphatic carboxylic acids is 1. The first-order valence-electron chi connectivity index (χ1n) is 4.33. The van der Waals surface area contributed by atoms with Crippen LogP contribution in [0.2, 0.25) is 0 Å². The minimum atomic E-state index is -0.928. The van der Waals surface area contributed by atoms with Gasteiger partial charge >= 0.3 is 5.97 Å². The van der Waals surface area contributed by atoms with Gasteiger partial charge in [-0.3, -0.25) is 9.69 Å². The number of likely N-dealkylation sites (tertiary alicyclic amines) is 1. The maximum Gasteiger partial charge on any atom is 0.317 e. The van der Waals surface area contributed by atoms with Gasteiger partial charge in [-0.05, 0) is 6.42 Å². The van der Waals surface area contributed by atoms with Crippen LogP contribution in [0.4, 0.5) is 0 Å². The van der Waals surface area contributed by atoms with Crippen LogP contribution in [0, 0.1) is 0 Å². The Labute approximate surface area is 82.4 Å². The SMILES string of the molecule is CO.O=C(O)CN1CC(O)CC1CO. The smallest absolute Gasteiger partial charge is 0.317 e. The second kappa shape index (κ2) is 6.72. The second-order valence-electron chi connectivity index (χ2n) is 3.05. The lowest BCUT2D eigenvalue weighted by atomic mass is 10.2. The summed E-state index contributed by atoms with van der Waals surface area (Å²) >= 11 is 0. The fourth-order valence-electron chi connectivity index (χ4n) is 1.51. The van der Waals surface area contributed by atoms with Gasteiger partial charge < -0.3 is 20.4 Å². The van der Waals surface area contributed by atoms with E-state index < -0.39 is 12.1 Å². The number of carboxylic acids is 1. The Bertz CT molecular complexity index is 175. The first-order valence-corrected chi connectivity index (χ1v) is 4.33. The number of carbonyl (C=O) groups is 1. The third-order valence-electron chi connectivity index (χ3n) is 2.05. The highest BCUT2D eigenvalue weighted by atomic mass is 16.4. The van der Waals surface area contributed by atoms with E-state index in [0.29, 0.717) is 13.0 Å². The Balaban J connectivity index is 0.000000791. The van der Waals surface area contributed by atoms with Crippen molar-refractivity contribution in [3.63, 3.8) is 0 Å². The highest BCUT2D eigenvalue weighted by Gasteiger charge is 2.31. The standard InChI is InChI=1S/C7H13NO4.CH4O/c9-4-5-1-6(10)2-8(5)3-7(11)12;1-2/h5-6,9-10H,1-4H2,(H,11,12);2H,1H3. The molecule has 0 aliphatic carbocycles. The maximum absolute atomic E-state index is 10.3. The molecule has 0 amide bonds. The summed E-state index contributed by atoms with van der Waals surface area (Å²) in [5.74, 6) is -0.928. The van der Waals surface area contributed by atoms with Crippen LogP contribution in [0.25, 0.3) is 0 Å². The Morgan fingerprint density at radius 2 is 2.07 bits per heavy atom. The highest BCUT2D eigenvalue weighted by Crippen LogP contribution is 2.16. The summed E-state index contributed by atoms with van der Waals surface area (Å²) in [5, 5.41) is 33.5. The minimum absolute atomic E-state index is 0.0929. The summed E-state index contributed by atoms with van der Waals surface area (Å²) in [7, 11) is 1.00. The number of β-amino-alcohol motifs (C(OH)–C–C–N with tert-alkyl or cyclic N) is 1. The monoisotopic (exact) mass is 207 g/mol. The molecule has 0 aromatic rings. The summed E-state index contributed by atoms with van der Waals surface area (Å²) in [6.45, 7) is 0.143. The molecule has 14 heavy (non-hydrogen) atoms. The van der Waals surface area contributed by atoms with Gasteiger partial charge in [0.25, 0.3) is 0 Å². The normalized spacial score (nSPS) is 26.9. The predicted molar refractivity (Wildman–Crippen MR) is 48.8 cm³/mol. The molecule has 6 nitrogen and oxygen atoms in total. The highest BCUT2D eigenvalue weighted by molar-refractivity contribution is 5.69. The number of hydrogen-bond donors (Lipinski definition) is 4. The van der Waals surface area contributed by atoms with Crippen LogP contribution in [0.5, 0.6) is 0 Å². The van der Waals surface area contributed by atoms with Gasteiger partial charge in [0.2, 0.25) is 0 Å². The number of carboxylic acid groups (broad SMARTS) is 1. The molecule has 1 rings (SSSR count). The largest absolute Gasteiger partial charge is 0.480 e. The van der Waals surface area contributed by atoms with Crippen molar-refractivity contribution in [2.24, 2.45) is 0 Å². The van der Waals surface area contributed by atoms with E-state index in [4.69, 9.17) is 20.4 Å². The summed E-state index contributed by atoms with van der Waals surface area (Å²) in [6, 6.07) is -0.198. The van der Waals surface area contributed by atoms with Gasteiger partial charge in [0, 0.05) is 19.7 Å². The van der Waals surface area contributed by atoms with Crippen molar-refractivity contribution in [1.29, 1.82) is 0 Å². The van der Waals surface area contributed by atoms with E-state index in [0.717, 1.165) is 7.11 Å². The third-order valence-corrected chi connectivity index (χ3v) is 2.05. The Morgan fingerprint density at radius 3 is 2.50 bits per heavy atom. The summed E-state index contributed by atoms with van der Waals surface area (Å²) < 4.78 is 0. The molecular formula is C8H17NO5. The predicted octanol–water partition coefficient (Wildman–Crippen LogP) is -1.89. The van der Waals surface area contributed by atoms with E-state index in [1.807, 2.05) is 0 Å². The molecule has 0 aromatic heterocycles. The molecule has 2 unspecified atom stereocenters. The van der Waals surface area contributed by atoms with Gasteiger partial charge in [-0.15, -0.1) is 0 Å². The molecule has 6 heteroatoms. The van der Waals surface area contributed by atoms with Gasteiger partial charge in [-0.1, -0.05) is 0 Å². The molecule has 0 aromatic carbocycles. The molecule has 0 spiro atoms. The number of aliphatic hydroxyl groups is 3. The van der Waals surface area contributed by atoms with Crippen molar-refractivity contribution < 1.29 is 25.2 Å². The quantitative estimate of drug-likeness (QED) is 0.431. The van der Waals surface area contributed by atoms with Crippen LogP contribution in [0.3, 0.4) is 0 Å². The van der Waals surface area contributed by atoms with Gasteiger partial charge in [0.15, 0.2) is 0 Å². The molecule has 1 fully saturated rings. The van der Waals surface area contributed by atoms with Crippen LogP contribution < -0.4 is 0 Å². The van der Waals surface area contributed by atoms with Gasteiger partial charge in [-0.2, -0.15) is 0 Å². The molecular weight excluding hydrogens is 190 g/mol. The van der Waals surface area contributed by atoms with Gasteiger partial charge in [0.05, 0.1) is 19.3 Å². The topological polar surface area (TPSA) is 101 Å². The molecule has 1 saturated heterocycles. The first-order chi connectivity index (χ1) is 6.63. The van der Waals surface area contributed by atoms with Crippen molar-refractivity contribution in [3.05, 3.63) is 0 Å². The molecule has 0 saturated carbocycles. The molecule has 1 aliphatic rings. The molecule has 2 atom stereocenters. The molecule has 1 heterocycles. The van der Waals surface area contributed by atoms with Crippen molar-refractivity contribution in [2.45, 2.75) is 18.6 Å². The number of rotatable bonds is 3. The van der Waals surface area contributed by atoms with Crippen LogP contribution in [0.1, 0.15) is 6.42 Å². The van der Waals surface area contributed by atoms with E-state index >= 15 is 0 Å². The van der Waals surface area contributed by atoms with Crippen molar-refractivity contribution in [2.75, 3.05) is 26.8 Å². The first kappa shape index (κ1) is 13.3. The molecule has 84 valence electrons. The number of aliphatic hydroxyl groups excluding tert-OH is 3. The van der Waals surface area contributed by atoms with E-state index in [2.05, 4.69) is 0 Å². The molecule has 0 bridgehead atoms. The van der Waals surface area contributed by atoms with Crippen molar-refractivity contribution >= 4 is 5.97 Å². The molecule has 1 aliphatic heterocycles. The van der Waals surface area contributed by atoms with E-state index in [1.165, 1.54) is 0 Å². The fourth-order valence-corrected chi connectivity index (χ4v) is 1.51. The summed E-state index contributed by atoms with van der Waals surface area (Å²) in [4.78, 5) is 11.9. The lowest BCUT2D eigenvalue weighted by Gasteiger charge is -2.19. The molecule has 4 N–H and O–H groups in total. The van der Waals surface area contributed by atoms with Crippen LogP contribution in [0.15, 0.2) is 0 Å². The minimum Gasteiger partial charge on any atom is -0.480 e. The zero-order chi connectivity index (χ0) is 11.1. The molecule has 0 radical (unpaired) electrons. The second-order valence-corrected chi connectivity index (χ2v) is 3.05. The lowest BCUT2D eigenvalue weighted by molar-refractivity contribution is -0.138. The average Bonchev–Trinajstić information content (AvgIpc) is 2.48. The van der Waals surface area contributed by atoms with Crippen molar-refractivity contribution in [3.8, 4) is 0 Å². The maximum atomic E-state index is 10.3. The van der Waals surface area contributed by atoms with E-state index in [9.17, 15) is 4.79 Å². The third kappa shape index (κ3) is 4.01. The lowest BCUT2D eigenvalue weighted by Crippen LogP contribution is -2.36. The van der Waals surface area contributed by atoms with Crippen LogP contribution in [-0.2, 0) is 4.79 Å². The van der Waals surface area contributed by atoms with E-state index in [-0.39, 0.29) is 19.2 Å². The van der Waals surface area contributed by atoms with E-state index in [1.54, 1.807) is 4.90 Å². The zero-order valence-electron chi connectivity index (χ0n) is 8.13. The number of nitrogens with zero attached hydrogens (tertiary/aromatic N) is 1. The fraction of sp³-hybridized carbons (Fsp3) is 0.875. The Morgan fingerprint density at radius 1 is 1.50 bits per heavy atom. The van der Waals surface area contributed by atoms with Gasteiger partial charge in [0.1, 0.15) is 0 Å². The Hall–Kier alpha value is -0.690. The van der Waals surface area contributed by atoms with Crippen molar-refractivity contribution in [1.82, 2.24) is 4.90 Å². The number of hydrogen-bond acceptors (Lipinski definition) is 5. The average molecular weight is 207 g/mol. The zero-order valence-corrected chi connectivity index (χ0v) is 8.13. The summed E-state index contributed by atoms with van der Waals surface area (Å²) in [6.07, 6.45) is -0.0365. The summed E-state index contributed by atoms with van der Waals surface area (Å²) in [5.41, 5.74) is 0. The van der Waals surface area contributed by atoms with Crippen LogP contribution in [-0.4, -0.2) is 70.2 Å². The Kier molecular flexibility index (Phi) is 6.39. The van der Waals surface area contributed by atoms with Crippen LogP contribution >= 0.6 is 0 Å². The van der Waals surface area contributed by atoms with Gasteiger partial charge in [-0.25, -0.2) is 0 Å².